The molecule has 2 amide bonds. The summed E-state index contributed by atoms with van der Waals surface area (Å²) >= 11 is 1.41. The summed E-state index contributed by atoms with van der Waals surface area (Å²) in [4.78, 5) is 26.1. The van der Waals surface area contributed by atoms with Crippen molar-refractivity contribution in [2.75, 3.05) is 32.9 Å². The Kier molecular flexibility index (Phi) is 8.52. The number of likely N-dealkylation sites (N-methyl/N-ethyl adjacent to an activating group) is 2. The van der Waals surface area contributed by atoms with E-state index in [1.807, 2.05) is 7.05 Å². The minimum Gasteiger partial charge on any atom is -0.343 e. The Morgan fingerprint density at radius 2 is 2.17 bits per heavy atom. The number of benzene rings is 1. The van der Waals surface area contributed by atoms with Crippen LogP contribution < -0.4 is 10.6 Å². The van der Waals surface area contributed by atoms with E-state index in [2.05, 4.69) is 10.6 Å². The fourth-order valence-electron chi connectivity index (χ4n) is 2.40. The van der Waals surface area contributed by atoms with Crippen LogP contribution in [0.25, 0.3) is 0 Å². The molecule has 2 rings (SSSR count). The first kappa shape index (κ1) is 20.7. The van der Waals surface area contributed by atoms with Gasteiger partial charge in [0, 0.05) is 25.9 Å². The number of halogens is 2. The Labute approximate surface area is 152 Å². The number of carbonyl (C=O) groups is 2. The molecule has 1 fully saturated rings. The van der Waals surface area contributed by atoms with Gasteiger partial charge in [-0.25, -0.2) is 4.39 Å². The highest BCUT2D eigenvalue weighted by Crippen LogP contribution is 2.23. The average molecular weight is 376 g/mol. The lowest BCUT2D eigenvalue weighted by Crippen LogP contribution is -2.55. The zero-order valence-electron chi connectivity index (χ0n) is 13.8. The second kappa shape index (κ2) is 9.86. The zero-order chi connectivity index (χ0) is 16.8. The van der Waals surface area contributed by atoms with Crippen molar-refractivity contribution in [2.45, 2.75) is 17.7 Å². The molecule has 0 aliphatic carbocycles. The summed E-state index contributed by atoms with van der Waals surface area (Å²) in [6.45, 7) is 1.29. The lowest BCUT2D eigenvalue weighted by atomic mass is 10.1. The largest absolute Gasteiger partial charge is 0.343 e. The summed E-state index contributed by atoms with van der Waals surface area (Å²) < 4.78 is 13.7. The monoisotopic (exact) mass is 375 g/mol. The van der Waals surface area contributed by atoms with E-state index in [0.717, 1.165) is 0 Å². The molecule has 0 spiro atoms. The van der Waals surface area contributed by atoms with Crippen LogP contribution in [0.2, 0.25) is 0 Å². The first-order chi connectivity index (χ1) is 11.0. The maximum Gasteiger partial charge on any atom is 0.245 e. The number of hydrogen-bond acceptors (Lipinski definition) is 4. The molecular formula is C16H23ClFN3O2S. The fraction of sp³-hybridized carbons (Fsp3) is 0.500. The van der Waals surface area contributed by atoms with Gasteiger partial charge in [0.15, 0.2) is 0 Å². The Morgan fingerprint density at radius 1 is 1.46 bits per heavy atom. The Balaban J connectivity index is 0.00000288. The standard InChI is InChI=1S/C16H22FN3O2S.ClH/c1-18-7-8-20(2)16(22)13-10-23-14(15(21)19-13)9-11-5-3-4-6-12(11)17;/h3-6,13-14,18H,7-10H2,1-2H3,(H,19,21);1H. The van der Waals surface area contributed by atoms with Crippen molar-refractivity contribution >= 4 is 36.0 Å². The van der Waals surface area contributed by atoms with E-state index < -0.39 is 6.04 Å². The van der Waals surface area contributed by atoms with Crippen LogP contribution in [0.1, 0.15) is 5.56 Å². The first-order valence-corrected chi connectivity index (χ1v) is 8.62. The van der Waals surface area contributed by atoms with E-state index in [9.17, 15) is 14.0 Å². The molecule has 2 unspecified atom stereocenters. The number of carbonyl (C=O) groups excluding carboxylic acids is 2. The van der Waals surface area contributed by atoms with Gasteiger partial charge < -0.3 is 15.5 Å². The summed E-state index contributed by atoms with van der Waals surface area (Å²) in [5.41, 5.74) is 0.524. The van der Waals surface area contributed by atoms with Gasteiger partial charge in [-0.15, -0.1) is 24.2 Å². The quantitative estimate of drug-likeness (QED) is 0.780. The molecule has 0 saturated carbocycles. The summed E-state index contributed by atoms with van der Waals surface area (Å²) in [5.74, 6) is -0.0886. The minimum atomic E-state index is -0.508. The third-order valence-corrected chi connectivity index (χ3v) is 5.12. The molecule has 1 aliphatic heterocycles. The highest BCUT2D eigenvalue weighted by Gasteiger charge is 2.33. The van der Waals surface area contributed by atoms with E-state index in [-0.39, 0.29) is 35.3 Å². The van der Waals surface area contributed by atoms with Crippen molar-refractivity contribution in [1.82, 2.24) is 15.5 Å². The normalized spacial score (nSPS) is 20.0. The topological polar surface area (TPSA) is 61.4 Å². The van der Waals surface area contributed by atoms with Gasteiger partial charge in [-0.3, -0.25) is 9.59 Å². The molecular weight excluding hydrogens is 353 g/mol. The summed E-state index contributed by atoms with van der Waals surface area (Å²) in [5, 5.41) is 5.39. The van der Waals surface area contributed by atoms with Crippen molar-refractivity contribution in [3.63, 3.8) is 0 Å². The van der Waals surface area contributed by atoms with Crippen molar-refractivity contribution in [3.8, 4) is 0 Å². The molecule has 1 saturated heterocycles. The van der Waals surface area contributed by atoms with E-state index >= 15 is 0 Å². The lowest BCUT2D eigenvalue weighted by Gasteiger charge is -2.30. The van der Waals surface area contributed by atoms with Gasteiger partial charge in [0.1, 0.15) is 11.9 Å². The smallest absolute Gasteiger partial charge is 0.245 e. The van der Waals surface area contributed by atoms with Gasteiger partial charge in [-0.05, 0) is 25.1 Å². The number of rotatable bonds is 6. The number of amides is 2. The minimum absolute atomic E-state index is 0. The van der Waals surface area contributed by atoms with E-state index in [4.69, 9.17) is 0 Å². The molecule has 1 aromatic rings. The van der Waals surface area contributed by atoms with Crippen LogP contribution in [-0.2, 0) is 16.0 Å². The average Bonchev–Trinajstić information content (AvgIpc) is 2.55. The van der Waals surface area contributed by atoms with Crippen LogP contribution in [0.15, 0.2) is 24.3 Å². The van der Waals surface area contributed by atoms with Gasteiger partial charge in [-0.1, -0.05) is 18.2 Å². The first-order valence-electron chi connectivity index (χ1n) is 7.58. The number of hydrogen-bond donors (Lipinski definition) is 2. The van der Waals surface area contributed by atoms with Crippen molar-refractivity contribution in [1.29, 1.82) is 0 Å². The third-order valence-electron chi connectivity index (χ3n) is 3.81. The van der Waals surface area contributed by atoms with Crippen molar-refractivity contribution in [3.05, 3.63) is 35.6 Å². The highest BCUT2D eigenvalue weighted by molar-refractivity contribution is 8.00. The van der Waals surface area contributed by atoms with Crippen LogP contribution in [0.4, 0.5) is 4.39 Å². The van der Waals surface area contributed by atoms with Crippen molar-refractivity contribution in [2.24, 2.45) is 0 Å². The Morgan fingerprint density at radius 3 is 2.79 bits per heavy atom. The van der Waals surface area contributed by atoms with Gasteiger partial charge >= 0.3 is 0 Å². The number of nitrogens with one attached hydrogen (secondary N) is 2. The van der Waals surface area contributed by atoms with E-state index in [1.54, 1.807) is 30.1 Å². The van der Waals surface area contributed by atoms with Gasteiger partial charge in [0.05, 0.1) is 5.25 Å². The molecule has 0 radical (unpaired) electrons. The van der Waals surface area contributed by atoms with Gasteiger partial charge in [0.2, 0.25) is 11.8 Å². The predicted octanol–water partition coefficient (Wildman–Crippen LogP) is 1.07. The molecule has 1 heterocycles. The molecule has 5 nitrogen and oxygen atoms in total. The van der Waals surface area contributed by atoms with Crippen molar-refractivity contribution < 1.29 is 14.0 Å². The summed E-state index contributed by atoms with van der Waals surface area (Å²) in [7, 11) is 3.55. The fourth-order valence-corrected chi connectivity index (χ4v) is 3.57. The zero-order valence-corrected chi connectivity index (χ0v) is 15.4. The number of nitrogens with zero attached hydrogens (tertiary/aromatic N) is 1. The Hall–Kier alpha value is -1.31. The maximum absolute atomic E-state index is 13.7. The number of thioether (sulfide) groups is 1. The van der Waals surface area contributed by atoms with Crippen LogP contribution in [0.3, 0.4) is 0 Å². The van der Waals surface area contributed by atoms with Gasteiger partial charge in [-0.2, -0.15) is 0 Å². The Bertz CT molecular complexity index is 576. The van der Waals surface area contributed by atoms with Gasteiger partial charge in [0.25, 0.3) is 0 Å². The molecule has 2 atom stereocenters. The SMILES string of the molecule is CNCCN(C)C(=O)C1CSC(Cc2ccccc2F)C(=O)N1.Cl. The molecule has 24 heavy (non-hydrogen) atoms. The van der Waals surface area contributed by atoms with Crippen LogP contribution in [-0.4, -0.2) is 60.9 Å². The second-order valence-corrected chi connectivity index (χ2v) is 6.78. The molecule has 134 valence electrons. The van der Waals surface area contributed by atoms with E-state index in [0.29, 0.717) is 30.8 Å². The molecule has 0 bridgehead atoms. The lowest BCUT2D eigenvalue weighted by molar-refractivity contribution is -0.134. The molecule has 1 aliphatic rings. The maximum atomic E-state index is 13.7. The second-order valence-electron chi connectivity index (χ2n) is 5.54. The molecule has 2 N–H and O–H groups in total. The van der Waals surface area contributed by atoms with Crippen LogP contribution in [0, 0.1) is 5.82 Å². The molecule has 8 heteroatoms. The van der Waals surface area contributed by atoms with E-state index in [1.165, 1.54) is 17.8 Å². The summed E-state index contributed by atoms with van der Waals surface area (Å²) in [6, 6.07) is 5.96. The summed E-state index contributed by atoms with van der Waals surface area (Å²) in [6.07, 6.45) is 0.333. The highest BCUT2D eigenvalue weighted by atomic mass is 35.5. The predicted molar refractivity (Wildman–Crippen MR) is 97.1 cm³/mol. The third kappa shape index (κ3) is 5.36. The molecule has 0 aromatic heterocycles. The van der Waals surface area contributed by atoms with Crippen LogP contribution >= 0.6 is 24.2 Å². The molecule has 1 aromatic carbocycles. The van der Waals surface area contributed by atoms with Crippen LogP contribution in [0.5, 0.6) is 0 Å².